The van der Waals surface area contributed by atoms with Gasteiger partial charge in [-0.15, -0.1) is 0 Å². The highest BCUT2D eigenvalue weighted by Gasteiger charge is 2.10. The van der Waals surface area contributed by atoms with Crippen LogP contribution in [0.5, 0.6) is 0 Å². The van der Waals surface area contributed by atoms with Crippen LogP contribution in [-0.2, 0) is 26.1 Å². The predicted molar refractivity (Wildman–Crippen MR) is 165 cm³/mol. The van der Waals surface area contributed by atoms with Gasteiger partial charge in [-0.25, -0.2) is 0 Å². The standard InChI is InChI=1S/C24H24N6O.C8H11N3/c25-24(26)21-9-6-18(7-10-21)8-11-23(31)22-14-28-30(17-22)16-20-4-2-19(3-5-20)15-29-13-1-12-27-29;9-5-6-1-3-7(4-2-6)8(10)11/h1-7,9-10,12-14,17H,8,11,15-16H2,(H3,25,26);1-4H,5,9H2,(H3,10,11). The molecule has 0 bridgehead atoms. The molecule has 0 fully saturated rings. The molecule has 10 nitrogen and oxygen atoms in total. The summed E-state index contributed by atoms with van der Waals surface area (Å²) in [6, 6.07) is 25.0. The quantitative estimate of drug-likeness (QED) is 0.0932. The Kier molecular flexibility index (Phi) is 10.1. The van der Waals surface area contributed by atoms with Gasteiger partial charge in [0.2, 0.25) is 0 Å². The highest BCUT2D eigenvalue weighted by atomic mass is 16.1. The lowest BCUT2D eigenvalue weighted by Gasteiger charge is -2.05. The van der Waals surface area contributed by atoms with E-state index in [1.807, 2.05) is 41.2 Å². The molecule has 0 aliphatic rings. The van der Waals surface area contributed by atoms with E-state index >= 15 is 0 Å². The Morgan fingerprint density at radius 2 is 1.21 bits per heavy atom. The average Bonchev–Trinajstić information content (AvgIpc) is 3.70. The summed E-state index contributed by atoms with van der Waals surface area (Å²) in [5.41, 5.74) is 22.6. The van der Waals surface area contributed by atoms with Crippen LogP contribution in [0.25, 0.3) is 0 Å². The zero-order chi connectivity index (χ0) is 29.9. The number of ketones is 1. The van der Waals surface area contributed by atoms with Gasteiger partial charge in [-0.1, -0.05) is 72.8 Å². The van der Waals surface area contributed by atoms with Crippen molar-refractivity contribution in [2.24, 2.45) is 17.2 Å². The molecule has 5 aromatic rings. The summed E-state index contributed by atoms with van der Waals surface area (Å²) in [6.07, 6.45) is 8.20. The molecule has 0 atom stereocenters. The van der Waals surface area contributed by atoms with Gasteiger partial charge in [-0.05, 0) is 34.7 Å². The van der Waals surface area contributed by atoms with Gasteiger partial charge in [0.05, 0.1) is 24.8 Å². The number of nitrogens with one attached hydrogen (secondary N) is 2. The Balaban J connectivity index is 0.000000310. The first-order valence-corrected chi connectivity index (χ1v) is 13.5. The number of carbonyl (C=O) groups is 1. The summed E-state index contributed by atoms with van der Waals surface area (Å²) < 4.78 is 3.68. The lowest BCUT2D eigenvalue weighted by Crippen LogP contribution is -2.10. The molecule has 0 aliphatic carbocycles. The summed E-state index contributed by atoms with van der Waals surface area (Å²) in [5, 5.41) is 23.1. The van der Waals surface area contributed by atoms with Crippen molar-refractivity contribution in [1.82, 2.24) is 19.6 Å². The number of rotatable bonds is 11. The second kappa shape index (κ2) is 14.3. The number of nitrogen functional groups attached to an aromatic ring is 2. The molecule has 2 aromatic heterocycles. The SMILES string of the molecule is N=C(N)c1ccc(CCC(=O)c2cnn(Cc3ccc(Cn4cccn4)cc3)c2)cc1.N=C(N)c1ccc(CN)cc1. The summed E-state index contributed by atoms with van der Waals surface area (Å²) in [4.78, 5) is 12.5. The highest BCUT2D eigenvalue weighted by Crippen LogP contribution is 2.12. The minimum absolute atomic E-state index is 0.0441. The number of hydrogen-bond donors (Lipinski definition) is 5. The number of nitrogens with two attached hydrogens (primary N) is 3. The second-order valence-corrected chi connectivity index (χ2v) is 9.80. The van der Waals surface area contributed by atoms with Crippen molar-refractivity contribution in [1.29, 1.82) is 10.8 Å². The van der Waals surface area contributed by atoms with Crippen molar-refractivity contribution in [3.8, 4) is 0 Å². The maximum absolute atomic E-state index is 12.5. The Labute approximate surface area is 244 Å². The Morgan fingerprint density at radius 3 is 1.71 bits per heavy atom. The third kappa shape index (κ3) is 8.57. The first-order chi connectivity index (χ1) is 20.3. The van der Waals surface area contributed by atoms with Gasteiger partial charge in [-0.2, -0.15) is 10.2 Å². The van der Waals surface area contributed by atoms with E-state index in [1.165, 1.54) is 5.56 Å². The third-order valence-corrected chi connectivity index (χ3v) is 6.63. The van der Waals surface area contributed by atoms with Crippen molar-refractivity contribution in [2.45, 2.75) is 32.5 Å². The molecule has 3 aromatic carbocycles. The van der Waals surface area contributed by atoms with Gasteiger partial charge in [0, 0.05) is 42.7 Å². The number of benzene rings is 3. The average molecular weight is 562 g/mol. The van der Waals surface area contributed by atoms with Crippen molar-refractivity contribution < 1.29 is 4.79 Å². The monoisotopic (exact) mass is 561 g/mol. The van der Waals surface area contributed by atoms with Crippen LogP contribution in [0, 0.1) is 10.8 Å². The minimum Gasteiger partial charge on any atom is -0.384 e. The molecule has 8 N–H and O–H groups in total. The Morgan fingerprint density at radius 1 is 0.690 bits per heavy atom. The largest absolute Gasteiger partial charge is 0.384 e. The van der Waals surface area contributed by atoms with E-state index in [4.69, 9.17) is 28.0 Å². The lowest BCUT2D eigenvalue weighted by molar-refractivity contribution is 0.0982. The second-order valence-electron chi connectivity index (χ2n) is 9.80. The fraction of sp³-hybridized carbons (Fsp3) is 0.156. The van der Waals surface area contributed by atoms with Gasteiger partial charge in [0.1, 0.15) is 11.7 Å². The molecule has 0 unspecified atom stereocenters. The summed E-state index contributed by atoms with van der Waals surface area (Å²) in [7, 11) is 0. The zero-order valence-corrected chi connectivity index (χ0v) is 23.3. The summed E-state index contributed by atoms with van der Waals surface area (Å²) in [6.45, 7) is 1.88. The van der Waals surface area contributed by atoms with Crippen molar-refractivity contribution in [2.75, 3.05) is 0 Å². The normalized spacial score (nSPS) is 10.5. The van der Waals surface area contributed by atoms with Gasteiger partial charge in [0.25, 0.3) is 0 Å². The van der Waals surface area contributed by atoms with Crippen LogP contribution in [0.4, 0.5) is 0 Å². The number of nitrogens with zero attached hydrogens (tertiary/aromatic N) is 4. The first-order valence-electron chi connectivity index (χ1n) is 13.5. The molecule has 42 heavy (non-hydrogen) atoms. The molecule has 0 aliphatic heterocycles. The summed E-state index contributed by atoms with van der Waals surface area (Å²) in [5.74, 6) is 0.202. The van der Waals surface area contributed by atoms with Crippen LogP contribution in [0.15, 0.2) is 104 Å². The van der Waals surface area contributed by atoms with Crippen LogP contribution in [0.3, 0.4) is 0 Å². The molecular formula is C32H35N9O. The third-order valence-electron chi connectivity index (χ3n) is 6.63. The minimum atomic E-state index is 0.0441. The molecule has 10 heteroatoms. The predicted octanol–water partition coefficient (Wildman–Crippen LogP) is 3.71. The maximum atomic E-state index is 12.5. The number of carbonyl (C=O) groups excluding carboxylic acids is 1. The maximum Gasteiger partial charge on any atom is 0.166 e. The van der Waals surface area contributed by atoms with Crippen molar-refractivity contribution >= 4 is 17.5 Å². The molecule has 2 heterocycles. The zero-order valence-electron chi connectivity index (χ0n) is 23.3. The molecule has 0 amide bonds. The number of aromatic nitrogens is 4. The lowest BCUT2D eigenvalue weighted by atomic mass is 10.0. The van der Waals surface area contributed by atoms with E-state index in [0.717, 1.165) is 28.8 Å². The van der Waals surface area contributed by atoms with E-state index in [-0.39, 0.29) is 17.5 Å². The van der Waals surface area contributed by atoms with Crippen LogP contribution in [0.1, 0.15) is 50.2 Å². The fourth-order valence-corrected chi connectivity index (χ4v) is 4.19. The smallest absolute Gasteiger partial charge is 0.166 e. The molecule has 0 spiro atoms. The van der Waals surface area contributed by atoms with Crippen molar-refractivity contribution in [3.63, 3.8) is 0 Å². The van der Waals surface area contributed by atoms with Gasteiger partial charge in [0.15, 0.2) is 5.78 Å². The molecule has 0 saturated heterocycles. The van der Waals surface area contributed by atoms with Gasteiger partial charge >= 0.3 is 0 Å². The summed E-state index contributed by atoms with van der Waals surface area (Å²) >= 11 is 0. The Hall–Kier alpha value is -5.35. The molecule has 214 valence electrons. The molecule has 0 radical (unpaired) electrons. The number of aryl methyl sites for hydroxylation is 1. The number of amidine groups is 2. The molecular weight excluding hydrogens is 526 g/mol. The highest BCUT2D eigenvalue weighted by molar-refractivity contribution is 5.96. The van der Waals surface area contributed by atoms with Crippen LogP contribution in [0.2, 0.25) is 0 Å². The number of hydrogen-bond acceptors (Lipinski definition) is 6. The number of Topliss-reactive ketones (excluding diaryl/α,β-unsaturated/α-hetero) is 1. The van der Waals surface area contributed by atoms with E-state index in [2.05, 4.69) is 34.5 Å². The van der Waals surface area contributed by atoms with E-state index in [0.29, 0.717) is 37.1 Å². The first kappa shape index (κ1) is 29.6. The van der Waals surface area contributed by atoms with Gasteiger partial charge in [-0.3, -0.25) is 25.0 Å². The van der Waals surface area contributed by atoms with Crippen molar-refractivity contribution in [3.05, 3.63) is 143 Å². The fourth-order valence-electron chi connectivity index (χ4n) is 4.19. The van der Waals surface area contributed by atoms with Crippen LogP contribution < -0.4 is 17.2 Å². The Bertz CT molecular complexity index is 1600. The van der Waals surface area contributed by atoms with Crippen LogP contribution >= 0.6 is 0 Å². The van der Waals surface area contributed by atoms with E-state index < -0.39 is 0 Å². The topological polar surface area (TPSA) is 178 Å². The van der Waals surface area contributed by atoms with Crippen LogP contribution in [-0.4, -0.2) is 37.0 Å². The molecule has 5 rings (SSSR count). The molecule has 0 saturated carbocycles. The van der Waals surface area contributed by atoms with E-state index in [9.17, 15) is 4.79 Å². The van der Waals surface area contributed by atoms with Gasteiger partial charge < -0.3 is 17.2 Å². The van der Waals surface area contributed by atoms with E-state index in [1.54, 1.807) is 47.5 Å².